The minimum atomic E-state index is -0.496. The zero-order valence-electron chi connectivity index (χ0n) is 17.8. The molecule has 5 heteroatoms. The summed E-state index contributed by atoms with van der Waals surface area (Å²) in [4.78, 5) is 16.4. The summed E-state index contributed by atoms with van der Waals surface area (Å²) in [5.74, 6) is -0.176. The molecule has 0 saturated heterocycles. The van der Waals surface area contributed by atoms with E-state index < -0.39 is 6.10 Å². The number of hydrogen-bond donors (Lipinski definition) is 3. The van der Waals surface area contributed by atoms with Gasteiger partial charge in [0, 0.05) is 36.3 Å². The fraction of sp³-hybridized carbons (Fsp3) is 0.192. The van der Waals surface area contributed by atoms with Crippen LogP contribution in [-0.4, -0.2) is 34.9 Å². The number of aliphatic hydroxyl groups is 1. The monoisotopic (exact) mass is 415 g/mol. The Balaban J connectivity index is 0.000000285. The van der Waals surface area contributed by atoms with Crippen LogP contribution in [0.5, 0.6) is 0 Å². The Morgan fingerprint density at radius 3 is 2.45 bits per heavy atom. The van der Waals surface area contributed by atoms with Crippen molar-refractivity contribution in [3.05, 3.63) is 96.3 Å². The molecular formula is C26H29N3O2. The molecule has 160 valence electrons. The van der Waals surface area contributed by atoms with Gasteiger partial charge >= 0.3 is 0 Å². The minimum Gasteiger partial charge on any atom is -0.391 e. The van der Waals surface area contributed by atoms with E-state index >= 15 is 0 Å². The molecule has 3 rings (SSSR count). The number of nitrogens with zero attached hydrogens (tertiary/aromatic N) is 1. The van der Waals surface area contributed by atoms with Crippen molar-refractivity contribution >= 4 is 18.2 Å². The van der Waals surface area contributed by atoms with E-state index in [4.69, 9.17) is 5.41 Å². The number of carbonyl (C=O) groups is 1. The molecule has 0 saturated carbocycles. The first-order chi connectivity index (χ1) is 15.1. The maximum absolute atomic E-state index is 12.3. The van der Waals surface area contributed by atoms with Crippen LogP contribution in [0.3, 0.4) is 0 Å². The average Bonchev–Trinajstić information content (AvgIpc) is 2.83. The van der Waals surface area contributed by atoms with Crippen LogP contribution in [-0.2, 0) is 0 Å². The molecular weight excluding hydrogens is 386 g/mol. The third-order valence-electron chi connectivity index (χ3n) is 4.64. The van der Waals surface area contributed by atoms with Gasteiger partial charge in [0.1, 0.15) is 0 Å². The molecule has 3 aromatic rings. The Labute approximate surface area is 184 Å². The summed E-state index contributed by atoms with van der Waals surface area (Å²) >= 11 is 0. The Morgan fingerprint density at radius 1 is 1.13 bits per heavy atom. The Hall–Kier alpha value is -3.57. The Morgan fingerprint density at radius 2 is 1.84 bits per heavy atom. The van der Waals surface area contributed by atoms with Gasteiger partial charge in [-0.2, -0.15) is 0 Å². The maximum Gasteiger partial charge on any atom is 0.252 e. The molecule has 0 aliphatic heterocycles. The van der Waals surface area contributed by atoms with Crippen LogP contribution < -0.4 is 5.32 Å². The first kappa shape index (κ1) is 23.7. The number of pyridine rings is 1. The van der Waals surface area contributed by atoms with Crippen LogP contribution in [0, 0.1) is 5.41 Å². The number of aromatic nitrogens is 1. The van der Waals surface area contributed by atoms with Gasteiger partial charge in [-0.15, -0.1) is 0 Å². The second kappa shape index (κ2) is 12.9. The van der Waals surface area contributed by atoms with Gasteiger partial charge in [-0.25, -0.2) is 0 Å². The maximum atomic E-state index is 12.3. The van der Waals surface area contributed by atoms with Gasteiger partial charge in [-0.1, -0.05) is 74.5 Å². The lowest BCUT2D eigenvalue weighted by atomic mass is 10.0. The van der Waals surface area contributed by atoms with E-state index in [9.17, 15) is 9.90 Å². The number of carbonyl (C=O) groups excluding carboxylic acids is 1. The van der Waals surface area contributed by atoms with Crippen molar-refractivity contribution in [2.45, 2.75) is 25.9 Å². The van der Waals surface area contributed by atoms with Crippen molar-refractivity contribution in [3.63, 3.8) is 0 Å². The molecule has 0 fully saturated rings. The molecule has 31 heavy (non-hydrogen) atoms. The number of aliphatic hydroxyl groups excluding tert-OH is 1. The summed E-state index contributed by atoms with van der Waals surface area (Å²) in [6, 6.07) is 18.8. The number of amides is 1. The first-order valence-electron chi connectivity index (χ1n) is 10.3. The third-order valence-corrected chi connectivity index (χ3v) is 4.64. The van der Waals surface area contributed by atoms with Crippen molar-refractivity contribution in [2.75, 3.05) is 6.54 Å². The quantitative estimate of drug-likeness (QED) is 0.454. The predicted molar refractivity (Wildman–Crippen MR) is 127 cm³/mol. The normalized spacial score (nSPS) is 10.9. The van der Waals surface area contributed by atoms with E-state index in [1.54, 1.807) is 24.5 Å². The third kappa shape index (κ3) is 7.32. The lowest BCUT2D eigenvalue weighted by Gasteiger charge is -2.13. The highest BCUT2D eigenvalue weighted by Gasteiger charge is 2.13. The second-order valence-electron chi connectivity index (χ2n) is 6.92. The van der Waals surface area contributed by atoms with E-state index in [0.717, 1.165) is 28.7 Å². The van der Waals surface area contributed by atoms with Crippen LogP contribution in [0.15, 0.2) is 79.6 Å². The summed E-state index contributed by atoms with van der Waals surface area (Å²) in [5.41, 5.74) is 4.26. The number of rotatable bonds is 8. The minimum absolute atomic E-state index is 0.176. The number of hydrogen-bond acceptors (Lipinski definition) is 4. The molecule has 5 nitrogen and oxygen atoms in total. The van der Waals surface area contributed by atoms with Crippen LogP contribution >= 0.6 is 0 Å². The summed E-state index contributed by atoms with van der Waals surface area (Å²) in [6.07, 6.45) is 7.60. The molecule has 3 N–H and O–H groups in total. The summed E-state index contributed by atoms with van der Waals surface area (Å²) < 4.78 is 0. The molecule has 1 amide bonds. The van der Waals surface area contributed by atoms with E-state index in [1.807, 2.05) is 61.5 Å². The van der Waals surface area contributed by atoms with Crippen LogP contribution in [0.25, 0.3) is 17.2 Å². The van der Waals surface area contributed by atoms with E-state index in [1.165, 1.54) is 6.21 Å². The van der Waals surface area contributed by atoms with Gasteiger partial charge in [0.15, 0.2) is 0 Å². The molecule has 2 aromatic carbocycles. The smallest absolute Gasteiger partial charge is 0.252 e. The molecule has 1 aromatic heterocycles. The molecule has 0 aliphatic carbocycles. The topological polar surface area (TPSA) is 86.1 Å². The van der Waals surface area contributed by atoms with Crippen LogP contribution in [0.1, 0.15) is 41.3 Å². The first-order valence-corrected chi connectivity index (χ1v) is 10.3. The van der Waals surface area contributed by atoms with Crippen molar-refractivity contribution in [1.29, 1.82) is 5.41 Å². The van der Waals surface area contributed by atoms with Crippen molar-refractivity contribution < 1.29 is 9.90 Å². The zero-order valence-corrected chi connectivity index (χ0v) is 17.8. The van der Waals surface area contributed by atoms with Crippen molar-refractivity contribution in [1.82, 2.24) is 10.3 Å². The highest BCUT2D eigenvalue weighted by atomic mass is 16.3. The largest absolute Gasteiger partial charge is 0.391 e. The molecule has 0 aliphatic rings. The lowest BCUT2D eigenvalue weighted by Crippen LogP contribution is -2.32. The van der Waals surface area contributed by atoms with Crippen LogP contribution in [0.4, 0.5) is 0 Å². The molecule has 1 unspecified atom stereocenters. The molecule has 0 bridgehead atoms. The zero-order chi connectivity index (χ0) is 22.5. The Bertz CT molecular complexity index is 960. The summed E-state index contributed by atoms with van der Waals surface area (Å²) in [5, 5.41) is 19.5. The lowest BCUT2D eigenvalue weighted by molar-refractivity contribution is 0.0910. The van der Waals surface area contributed by atoms with Crippen molar-refractivity contribution in [2.24, 2.45) is 0 Å². The van der Waals surface area contributed by atoms with E-state index in [-0.39, 0.29) is 12.5 Å². The standard InChI is InChI=1S/C17H20N2O2.C9H9N/c1-2-6-14(20)12-19-17(21)16-9-4-3-8-15(16)13-7-5-10-18-11-13;1-2-8-5-3-4-6-9(8)7-10/h3-5,7-11,14,20H,2,6,12H2,1H3,(H,19,21);2-7,10H,1H2. The average molecular weight is 416 g/mol. The van der Waals surface area contributed by atoms with Crippen molar-refractivity contribution in [3.8, 4) is 11.1 Å². The highest BCUT2D eigenvalue weighted by Crippen LogP contribution is 2.22. The Kier molecular flexibility index (Phi) is 9.85. The molecule has 1 heterocycles. The van der Waals surface area contributed by atoms with Gasteiger partial charge in [-0.3, -0.25) is 9.78 Å². The van der Waals surface area contributed by atoms with Gasteiger partial charge in [-0.05, 0) is 35.2 Å². The van der Waals surface area contributed by atoms with E-state index in [2.05, 4.69) is 16.9 Å². The predicted octanol–water partition coefficient (Wildman–Crippen LogP) is 4.97. The van der Waals surface area contributed by atoms with Gasteiger partial charge in [0.2, 0.25) is 0 Å². The fourth-order valence-electron chi connectivity index (χ4n) is 3.02. The molecule has 0 spiro atoms. The van der Waals surface area contributed by atoms with Crippen LogP contribution in [0.2, 0.25) is 0 Å². The van der Waals surface area contributed by atoms with Gasteiger partial charge < -0.3 is 15.8 Å². The number of nitrogens with one attached hydrogen (secondary N) is 2. The molecule has 1 atom stereocenters. The molecule has 0 radical (unpaired) electrons. The number of benzene rings is 2. The van der Waals surface area contributed by atoms with Gasteiger partial charge in [0.05, 0.1) is 6.10 Å². The van der Waals surface area contributed by atoms with E-state index in [0.29, 0.717) is 12.0 Å². The highest BCUT2D eigenvalue weighted by molar-refractivity contribution is 6.00. The summed E-state index contributed by atoms with van der Waals surface area (Å²) in [7, 11) is 0. The SMILES string of the molecule is C=Cc1ccccc1C=N.CCCC(O)CNC(=O)c1ccccc1-c1cccnc1. The summed E-state index contributed by atoms with van der Waals surface area (Å²) in [6.45, 7) is 5.91. The second-order valence-corrected chi connectivity index (χ2v) is 6.92. The van der Waals surface area contributed by atoms with Gasteiger partial charge in [0.25, 0.3) is 5.91 Å². The fourth-order valence-corrected chi connectivity index (χ4v) is 3.02.